The second-order valence-electron chi connectivity index (χ2n) is 5.41. The molecule has 1 aromatic carbocycles. The maximum absolute atomic E-state index is 12.4. The van der Waals surface area contributed by atoms with E-state index in [4.69, 9.17) is 0 Å². The van der Waals surface area contributed by atoms with Crippen molar-refractivity contribution in [2.24, 2.45) is 0 Å². The number of esters is 1. The maximum atomic E-state index is 12.4. The molecule has 0 bridgehead atoms. The number of carbonyl (C=O) groups is 1. The van der Waals surface area contributed by atoms with Crippen LogP contribution >= 0.6 is 0 Å². The fourth-order valence-corrected chi connectivity index (χ4v) is 2.92. The van der Waals surface area contributed by atoms with Gasteiger partial charge in [0.25, 0.3) is 0 Å². The second-order valence-corrected chi connectivity index (χ2v) is 5.41. The van der Waals surface area contributed by atoms with Crippen molar-refractivity contribution in [3.8, 4) is 0 Å². The molecule has 1 aromatic rings. The van der Waals surface area contributed by atoms with E-state index in [0.29, 0.717) is 12.8 Å². The number of allylic oxidation sites excluding steroid dienone is 2. The zero-order chi connectivity index (χ0) is 16.2. The van der Waals surface area contributed by atoms with Gasteiger partial charge in [0.15, 0.2) is 0 Å². The number of ether oxygens (including phenoxy) is 1. The summed E-state index contributed by atoms with van der Waals surface area (Å²) in [7, 11) is 0. The van der Waals surface area contributed by atoms with E-state index in [9.17, 15) is 18.0 Å². The van der Waals surface area contributed by atoms with Crippen LogP contribution < -0.4 is 0 Å². The van der Waals surface area contributed by atoms with Crippen LogP contribution in [0.25, 0.3) is 0 Å². The Hall–Kier alpha value is -1.78. The average molecular weight is 312 g/mol. The van der Waals surface area contributed by atoms with E-state index in [2.05, 4.69) is 4.74 Å². The summed E-state index contributed by atoms with van der Waals surface area (Å²) in [5.41, 5.74) is 1.88. The number of alkyl halides is 3. The molecular weight excluding hydrogens is 293 g/mol. The molecule has 1 aliphatic rings. The molecule has 0 aliphatic heterocycles. The maximum Gasteiger partial charge on any atom is 0.491 e. The van der Waals surface area contributed by atoms with Crippen molar-refractivity contribution < 1.29 is 22.7 Å². The Labute approximate surface area is 128 Å². The van der Waals surface area contributed by atoms with E-state index >= 15 is 0 Å². The van der Waals surface area contributed by atoms with Gasteiger partial charge in [0, 0.05) is 12.3 Å². The molecule has 0 N–H and O–H groups in total. The van der Waals surface area contributed by atoms with Gasteiger partial charge >= 0.3 is 12.1 Å². The van der Waals surface area contributed by atoms with E-state index in [-0.39, 0.29) is 11.7 Å². The fraction of sp³-hybridized carbons (Fsp3) is 0.471. The van der Waals surface area contributed by atoms with E-state index in [0.717, 1.165) is 30.4 Å². The lowest BCUT2D eigenvalue weighted by Crippen LogP contribution is -2.26. The quantitative estimate of drug-likeness (QED) is 0.722. The molecule has 1 unspecified atom stereocenters. The Balaban J connectivity index is 2.32. The summed E-state index contributed by atoms with van der Waals surface area (Å²) in [5.74, 6) is -1.91. The summed E-state index contributed by atoms with van der Waals surface area (Å²) in [5, 5.41) is 0. The second kappa shape index (κ2) is 6.99. The lowest BCUT2D eigenvalue weighted by atomic mass is 9.82. The highest BCUT2D eigenvalue weighted by molar-refractivity contribution is 5.76. The summed E-state index contributed by atoms with van der Waals surface area (Å²) < 4.78 is 42.0. The number of rotatable bonds is 4. The van der Waals surface area contributed by atoms with Crippen LogP contribution in [0.15, 0.2) is 41.7 Å². The summed E-state index contributed by atoms with van der Waals surface area (Å²) >= 11 is 0. The van der Waals surface area contributed by atoms with Gasteiger partial charge in [-0.3, -0.25) is 0 Å². The molecule has 120 valence electrons. The summed E-state index contributed by atoms with van der Waals surface area (Å²) in [6.07, 6.45) is -1.48. The predicted molar refractivity (Wildman–Crippen MR) is 77.1 cm³/mol. The fourth-order valence-electron chi connectivity index (χ4n) is 2.92. The van der Waals surface area contributed by atoms with Gasteiger partial charge in [-0.1, -0.05) is 37.3 Å². The number of halogens is 3. The number of carbonyl (C=O) groups excluding carboxylic acids is 1. The molecule has 0 saturated heterocycles. The van der Waals surface area contributed by atoms with E-state index in [1.165, 1.54) is 0 Å². The van der Waals surface area contributed by atoms with Crippen LogP contribution in [0, 0.1) is 0 Å². The van der Waals surface area contributed by atoms with Crippen molar-refractivity contribution in [3.05, 3.63) is 47.2 Å². The van der Waals surface area contributed by atoms with Crippen LogP contribution in [0.4, 0.5) is 13.2 Å². The highest BCUT2D eigenvalue weighted by Crippen LogP contribution is 2.38. The van der Waals surface area contributed by atoms with Gasteiger partial charge in [0.2, 0.25) is 0 Å². The lowest BCUT2D eigenvalue weighted by molar-refractivity contribution is -0.195. The van der Waals surface area contributed by atoms with Gasteiger partial charge in [-0.2, -0.15) is 13.2 Å². The average Bonchev–Trinajstić information content (AvgIpc) is 2.50. The zero-order valence-corrected chi connectivity index (χ0v) is 12.5. The van der Waals surface area contributed by atoms with Crippen molar-refractivity contribution in [2.45, 2.75) is 51.1 Å². The smallest absolute Gasteiger partial charge is 0.424 e. The van der Waals surface area contributed by atoms with Crippen molar-refractivity contribution in [2.75, 3.05) is 0 Å². The Bertz CT molecular complexity index is 547. The molecule has 0 amide bonds. The monoisotopic (exact) mass is 312 g/mol. The highest BCUT2D eigenvalue weighted by atomic mass is 19.4. The molecule has 5 heteroatoms. The van der Waals surface area contributed by atoms with Crippen molar-refractivity contribution in [3.63, 3.8) is 0 Å². The standard InChI is InChI=1S/C17H19F3O2/c1-2-13(12-8-4-3-5-9-12)14-10-6-7-11-15(14)22-16(21)17(18,19)20/h3-5,8-9,13H,2,6-7,10-11H2,1H3. The van der Waals surface area contributed by atoms with Crippen molar-refractivity contribution in [1.29, 1.82) is 0 Å². The zero-order valence-electron chi connectivity index (χ0n) is 12.5. The Kier molecular flexibility index (Phi) is 5.27. The van der Waals surface area contributed by atoms with Crippen LogP contribution in [0.1, 0.15) is 50.5 Å². The SMILES string of the molecule is CCC(C1=C(OC(=O)C(F)(F)F)CCCC1)c1ccccc1. The number of benzene rings is 1. The Morgan fingerprint density at radius 3 is 2.41 bits per heavy atom. The van der Waals surface area contributed by atoms with Crippen LogP contribution in [-0.4, -0.2) is 12.1 Å². The van der Waals surface area contributed by atoms with Crippen LogP contribution in [-0.2, 0) is 9.53 Å². The first-order valence-corrected chi connectivity index (χ1v) is 7.49. The first kappa shape index (κ1) is 16.6. The first-order valence-electron chi connectivity index (χ1n) is 7.49. The topological polar surface area (TPSA) is 26.3 Å². The minimum absolute atomic E-state index is 0.00228. The minimum Gasteiger partial charge on any atom is -0.424 e. The molecule has 2 rings (SSSR count). The molecule has 0 spiro atoms. The molecule has 2 nitrogen and oxygen atoms in total. The van der Waals surface area contributed by atoms with Gasteiger partial charge in [0.05, 0.1) is 0 Å². The summed E-state index contributed by atoms with van der Waals surface area (Å²) in [6, 6.07) is 9.62. The van der Waals surface area contributed by atoms with Crippen molar-refractivity contribution >= 4 is 5.97 Å². The number of hydrogen-bond acceptors (Lipinski definition) is 2. The molecule has 22 heavy (non-hydrogen) atoms. The van der Waals surface area contributed by atoms with Gasteiger partial charge < -0.3 is 4.74 Å². The third kappa shape index (κ3) is 3.90. The molecule has 0 fully saturated rings. The Morgan fingerprint density at radius 2 is 1.82 bits per heavy atom. The van der Waals surface area contributed by atoms with E-state index in [1.807, 2.05) is 37.3 Å². The molecule has 0 aromatic heterocycles. The highest BCUT2D eigenvalue weighted by Gasteiger charge is 2.42. The molecule has 0 radical (unpaired) electrons. The first-order chi connectivity index (χ1) is 10.4. The molecule has 1 aliphatic carbocycles. The van der Waals surface area contributed by atoms with Gasteiger partial charge in [-0.05, 0) is 36.8 Å². The number of hydrogen-bond donors (Lipinski definition) is 0. The van der Waals surface area contributed by atoms with Gasteiger partial charge in [0.1, 0.15) is 5.76 Å². The lowest BCUT2D eigenvalue weighted by Gasteiger charge is -2.26. The molecule has 1 atom stereocenters. The van der Waals surface area contributed by atoms with Gasteiger partial charge in [-0.25, -0.2) is 4.79 Å². The summed E-state index contributed by atoms with van der Waals surface area (Å²) in [6.45, 7) is 1.99. The van der Waals surface area contributed by atoms with Gasteiger partial charge in [-0.15, -0.1) is 0 Å². The van der Waals surface area contributed by atoms with Crippen LogP contribution in [0.3, 0.4) is 0 Å². The summed E-state index contributed by atoms with van der Waals surface area (Å²) in [4.78, 5) is 11.1. The molecular formula is C17H19F3O2. The molecule has 0 saturated carbocycles. The third-order valence-electron chi connectivity index (χ3n) is 3.94. The Morgan fingerprint density at radius 1 is 1.18 bits per heavy atom. The van der Waals surface area contributed by atoms with E-state index < -0.39 is 12.1 Å². The van der Waals surface area contributed by atoms with Crippen LogP contribution in [0.5, 0.6) is 0 Å². The van der Waals surface area contributed by atoms with Crippen LogP contribution in [0.2, 0.25) is 0 Å². The normalized spacial score (nSPS) is 17.3. The molecule has 0 heterocycles. The van der Waals surface area contributed by atoms with Crippen molar-refractivity contribution in [1.82, 2.24) is 0 Å². The van der Waals surface area contributed by atoms with E-state index in [1.54, 1.807) is 0 Å². The predicted octanol–water partition coefficient (Wildman–Crippen LogP) is 5.11. The largest absolute Gasteiger partial charge is 0.491 e. The third-order valence-corrected chi connectivity index (χ3v) is 3.94. The minimum atomic E-state index is -4.95.